The Balaban J connectivity index is 1.95. The Morgan fingerprint density at radius 2 is 1.87 bits per heavy atom. The number of morpholine rings is 1. The fraction of sp³-hybridized carbons (Fsp3) is 0.250. The number of anilines is 1. The average Bonchev–Trinajstić information content (AvgIpc) is 2.99. The second-order valence-electron chi connectivity index (χ2n) is 5.11. The second kappa shape index (κ2) is 6.80. The largest absolute Gasteiger partial charge is 0.378 e. The van der Waals surface area contributed by atoms with E-state index in [9.17, 15) is 9.59 Å². The summed E-state index contributed by atoms with van der Waals surface area (Å²) in [6.45, 7) is 2.15. The van der Waals surface area contributed by atoms with Crippen molar-refractivity contribution in [3.63, 3.8) is 0 Å². The highest BCUT2D eigenvalue weighted by molar-refractivity contribution is 7.20. The highest BCUT2D eigenvalue weighted by Crippen LogP contribution is 2.36. The third-order valence-corrected chi connectivity index (χ3v) is 4.66. The summed E-state index contributed by atoms with van der Waals surface area (Å²) in [6.07, 6.45) is 0. The maximum absolute atomic E-state index is 12.7. The number of nitrogens with zero attached hydrogens (tertiary/aromatic N) is 1. The number of urea groups is 1. The van der Waals surface area contributed by atoms with Gasteiger partial charge in [-0.2, -0.15) is 0 Å². The molecular formula is C16H17N3O3S. The Morgan fingerprint density at radius 1 is 1.17 bits per heavy atom. The van der Waals surface area contributed by atoms with Crippen LogP contribution in [0.4, 0.5) is 9.80 Å². The number of hydrogen-bond donors (Lipinski definition) is 2. The van der Waals surface area contributed by atoms with E-state index in [0.29, 0.717) is 36.9 Å². The number of thiophene rings is 1. The number of carbonyl (C=O) groups excluding carboxylic acids is 2. The Bertz CT molecular complexity index is 709. The predicted molar refractivity (Wildman–Crippen MR) is 89.7 cm³/mol. The third kappa shape index (κ3) is 3.52. The molecule has 120 valence electrons. The number of hydrogen-bond acceptors (Lipinski definition) is 4. The van der Waals surface area contributed by atoms with E-state index in [0.717, 1.165) is 10.4 Å². The number of primary amides is 1. The molecule has 1 aliphatic rings. The van der Waals surface area contributed by atoms with Crippen molar-refractivity contribution in [3.05, 3.63) is 42.0 Å². The Morgan fingerprint density at radius 3 is 2.52 bits per heavy atom. The molecule has 1 aliphatic heterocycles. The minimum Gasteiger partial charge on any atom is -0.378 e. The van der Waals surface area contributed by atoms with E-state index >= 15 is 0 Å². The lowest BCUT2D eigenvalue weighted by Gasteiger charge is -2.26. The molecule has 1 aromatic heterocycles. The molecule has 1 saturated heterocycles. The van der Waals surface area contributed by atoms with Gasteiger partial charge in [0.25, 0.3) is 5.91 Å². The molecule has 3 rings (SSSR count). The fourth-order valence-corrected chi connectivity index (χ4v) is 3.49. The summed E-state index contributed by atoms with van der Waals surface area (Å²) in [5.41, 5.74) is 6.69. The summed E-state index contributed by atoms with van der Waals surface area (Å²) >= 11 is 1.34. The maximum Gasteiger partial charge on any atom is 0.317 e. The molecule has 3 N–H and O–H groups in total. The minimum absolute atomic E-state index is 0.115. The van der Waals surface area contributed by atoms with Crippen molar-refractivity contribution >= 4 is 28.3 Å². The van der Waals surface area contributed by atoms with Gasteiger partial charge >= 0.3 is 6.03 Å². The molecule has 7 heteroatoms. The molecule has 1 aromatic carbocycles. The standard InChI is InChI=1S/C16H17N3O3S/c17-16(21)18-14-12(15(20)19-6-8-22-9-7-19)10-13(23-14)11-4-2-1-3-5-11/h1-5,10H,6-9H2,(H3,17,18,21). The van der Waals surface area contributed by atoms with Crippen LogP contribution in [0.15, 0.2) is 36.4 Å². The summed E-state index contributed by atoms with van der Waals surface area (Å²) < 4.78 is 5.27. The summed E-state index contributed by atoms with van der Waals surface area (Å²) in [7, 11) is 0. The number of rotatable bonds is 3. The molecule has 1 fully saturated rings. The van der Waals surface area contributed by atoms with Gasteiger partial charge in [0.05, 0.1) is 18.8 Å². The summed E-state index contributed by atoms with van der Waals surface area (Å²) in [5.74, 6) is -0.115. The highest BCUT2D eigenvalue weighted by atomic mass is 32.1. The number of ether oxygens (including phenoxy) is 1. The molecular weight excluding hydrogens is 314 g/mol. The number of benzene rings is 1. The lowest BCUT2D eigenvalue weighted by atomic mass is 10.1. The Kier molecular flexibility index (Phi) is 4.59. The van der Waals surface area contributed by atoms with Gasteiger partial charge < -0.3 is 15.4 Å². The first-order chi connectivity index (χ1) is 11.1. The smallest absolute Gasteiger partial charge is 0.317 e. The first-order valence-electron chi connectivity index (χ1n) is 7.28. The molecule has 23 heavy (non-hydrogen) atoms. The van der Waals surface area contributed by atoms with Gasteiger partial charge in [0, 0.05) is 18.0 Å². The van der Waals surface area contributed by atoms with Crippen molar-refractivity contribution in [2.24, 2.45) is 5.73 Å². The van der Waals surface area contributed by atoms with E-state index in [1.54, 1.807) is 4.90 Å². The molecule has 0 unspecified atom stereocenters. The van der Waals surface area contributed by atoms with Gasteiger partial charge in [-0.15, -0.1) is 11.3 Å². The van der Waals surface area contributed by atoms with Gasteiger partial charge in [0.1, 0.15) is 5.00 Å². The first-order valence-corrected chi connectivity index (χ1v) is 8.09. The van der Waals surface area contributed by atoms with Gasteiger partial charge in [-0.3, -0.25) is 10.1 Å². The number of nitrogens with two attached hydrogens (primary N) is 1. The van der Waals surface area contributed by atoms with Gasteiger partial charge in [-0.25, -0.2) is 4.79 Å². The van der Waals surface area contributed by atoms with E-state index in [-0.39, 0.29) is 5.91 Å². The maximum atomic E-state index is 12.7. The van der Waals surface area contributed by atoms with Crippen LogP contribution in [0.3, 0.4) is 0 Å². The normalized spacial score (nSPS) is 14.5. The molecule has 0 radical (unpaired) electrons. The number of nitrogens with one attached hydrogen (secondary N) is 1. The van der Waals surface area contributed by atoms with Crippen molar-refractivity contribution in [2.75, 3.05) is 31.6 Å². The van der Waals surface area contributed by atoms with E-state index in [4.69, 9.17) is 10.5 Å². The number of amides is 3. The van der Waals surface area contributed by atoms with Crippen LogP contribution in [0.5, 0.6) is 0 Å². The van der Waals surface area contributed by atoms with Crippen LogP contribution < -0.4 is 11.1 Å². The molecule has 6 nitrogen and oxygen atoms in total. The van der Waals surface area contributed by atoms with E-state index in [2.05, 4.69) is 5.32 Å². The molecule has 0 atom stereocenters. The lowest BCUT2D eigenvalue weighted by molar-refractivity contribution is 0.0304. The molecule has 2 heterocycles. The first kappa shape index (κ1) is 15.5. The van der Waals surface area contributed by atoms with Gasteiger partial charge in [-0.1, -0.05) is 30.3 Å². The molecule has 0 bridgehead atoms. The van der Waals surface area contributed by atoms with E-state index < -0.39 is 6.03 Å². The van der Waals surface area contributed by atoms with Gasteiger partial charge in [0.15, 0.2) is 0 Å². The molecule has 3 amide bonds. The fourth-order valence-electron chi connectivity index (χ4n) is 2.44. The van der Waals surface area contributed by atoms with Crippen LogP contribution in [0.1, 0.15) is 10.4 Å². The minimum atomic E-state index is -0.678. The molecule has 0 spiro atoms. The Labute approximate surface area is 137 Å². The zero-order valence-electron chi connectivity index (χ0n) is 12.5. The van der Waals surface area contributed by atoms with Crippen LogP contribution >= 0.6 is 11.3 Å². The summed E-state index contributed by atoms with van der Waals surface area (Å²) in [5, 5.41) is 3.04. The lowest BCUT2D eigenvalue weighted by Crippen LogP contribution is -2.40. The molecule has 0 aliphatic carbocycles. The second-order valence-corrected chi connectivity index (χ2v) is 6.17. The van der Waals surface area contributed by atoms with Crippen molar-refractivity contribution in [2.45, 2.75) is 0 Å². The molecule has 0 saturated carbocycles. The highest BCUT2D eigenvalue weighted by Gasteiger charge is 2.24. The SMILES string of the molecule is NC(=O)Nc1sc(-c2ccccc2)cc1C(=O)N1CCOCC1. The average molecular weight is 331 g/mol. The van der Waals surface area contributed by atoms with Crippen LogP contribution in [0.25, 0.3) is 10.4 Å². The predicted octanol–water partition coefficient (Wildman–Crippen LogP) is 2.38. The Hall–Kier alpha value is -2.38. The van der Waals surface area contributed by atoms with Crippen LogP contribution in [-0.2, 0) is 4.74 Å². The van der Waals surface area contributed by atoms with Crippen molar-refractivity contribution in [1.82, 2.24) is 4.90 Å². The third-order valence-electron chi connectivity index (χ3n) is 3.56. The topological polar surface area (TPSA) is 84.7 Å². The monoisotopic (exact) mass is 331 g/mol. The summed E-state index contributed by atoms with van der Waals surface area (Å²) in [6, 6.07) is 10.8. The van der Waals surface area contributed by atoms with E-state index in [1.165, 1.54) is 11.3 Å². The van der Waals surface area contributed by atoms with E-state index in [1.807, 2.05) is 36.4 Å². The van der Waals surface area contributed by atoms with Crippen LogP contribution in [-0.4, -0.2) is 43.1 Å². The zero-order valence-corrected chi connectivity index (χ0v) is 13.3. The van der Waals surface area contributed by atoms with Gasteiger partial charge in [-0.05, 0) is 11.6 Å². The zero-order chi connectivity index (χ0) is 16.2. The van der Waals surface area contributed by atoms with Crippen molar-refractivity contribution in [1.29, 1.82) is 0 Å². The molecule has 2 aromatic rings. The quantitative estimate of drug-likeness (QED) is 0.905. The van der Waals surface area contributed by atoms with Crippen LogP contribution in [0.2, 0.25) is 0 Å². The van der Waals surface area contributed by atoms with Crippen molar-refractivity contribution in [3.8, 4) is 10.4 Å². The van der Waals surface area contributed by atoms with Crippen LogP contribution in [0, 0.1) is 0 Å². The van der Waals surface area contributed by atoms with Gasteiger partial charge in [0.2, 0.25) is 0 Å². The van der Waals surface area contributed by atoms with Crippen molar-refractivity contribution < 1.29 is 14.3 Å². The number of carbonyl (C=O) groups is 2. The summed E-state index contributed by atoms with van der Waals surface area (Å²) in [4.78, 5) is 26.6.